The Morgan fingerprint density at radius 3 is 2.10 bits per heavy atom. The summed E-state index contributed by atoms with van der Waals surface area (Å²) >= 11 is 0. The Kier molecular flexibility index (Phi) is 10.3. The van der Waals surface area contributed by atoms with E-state index in [0.29, 0.717) is 46.8 Å². The van der Waals surface area contributed by atoms with Crippen LogP contribution >= 0.6 is 0 Å². The zero-order valence-electron chi connectivity index (χ0n) is 28.0. The Morgan fingerprint density at radius 1 is 0.755 bits per heavy atom. The van der Waals surface area contributed by atoms with Gasteiger partial charge in [-0.1, -0.05) is 72.8 Å². The van der Waals surface area contributed by atoms with E-state index in [4.69, 9.17) is 9.47 Å². The lowest BCUT2D eigenvalue weighted by atomic mass is 10.0. The van der Waals surface area contributed by atoms with E-state index >= 15 is 0 Å². The molecule has 1 fully saturated rings. The number of nitrogens with one attached hydrogen (secondary N) is 1. The molecule has 6 rings (SSSR count). The first-order chi connectivity index (χ1) is 23.7. The van der Waals surface area contributed by atoms with E-state index in [-0.39, 0.29) is 24.8 Å². The van der Waals surface area contributed by atoms with Crippen molar-refractivity contribution in [3.8, 4) is 11.5 Å². The number of sulfonamides is 1. The molecular formula is C38H42N4O6S. The van der Waals surface area contributed by atoms with Crippen molar-refractivity contribution in [2.75, 3.05) is 51.8 Å². The third kappa shape index (κ3) is 7.34. The first-order valence-electron chi connectivity index (χ1n) is 16.5. The molecule has 10 nitrogen and oxygen atoms in total. The molecule has 2 aliphatic heterocycles. The van der Waals surface area contributed by atoms with Gasteiger partial charge in [0, 0.05) is 38.8 Å². The Bertz CT molecular complexity index is 1900. The summed E-state index contributed by atoms with van der Waals surface area (Å²) in [5.41, 5.74) is 4.01. The molecule has 11 heteroatoms. The molecule has 0 radical (unpaired) electrons. The van der Waals surface area contributed by atoms with Crippen LogP contribution in [0.2, 0.25) is 0 Å². The SMILES string of the molecule is COc1ccc(C(CCNS(=O)(=O)Cc2ccccc2)N2C(=O)c3cccc(N4CCN([C@H](C)c5ccccc5)CC4)c3C2=O)cc1OC. The van der Waals surface area contributed by atoms with Crippen molar-refractivity contribution in [3.63, 3.8) is 0 Å². The summed E-state index contributed by atoms with van der Waals surface area (Å²) in [5, 5.41) is 0. The maximum Gasteiger partial charge on any atom is 0.264 e. The van der Waals surface area contributed by atoms with Crippen LogP contribution in [0.15, 0.2) is 97.1 Å². The zero-order chi connectivity index (χ0) is 34.5. The van der Waals surface area contributed by atoms with E-state index in [2.05, 4.69) is 45.7 Å². The van der Waals surface area contributed by atoms with Crippen LogP contribution in [0.1, 0.15) is 62.8 Å². The van der Waals surface area contributed by atoms with Gasteiger partial charge in [0.25, 0.3) is 11.8 Å². The highest BCUT2D eigenvalue weighted by molar-refractivity contribution is 7.88. The third-order valence-corrected chi connectivity index (χ3v) is 10.8. The maximum atomic E-state index is 14.4. The van der Waals surface area contributed by atoms with E-state index < -0.39 is 27.9 Å². The van der Waals surface area contributed by atoms with Gasteiger partial charge in [0.2, 0.25) is 10.0 Å². The van der Waals surface area contributed by atoms with Crippen LogP contribution in [-0.4, -0.2) is 77.0 Å². The first-order valence-corrected chi connectivity index (χ1v) is 18.1. The Balaban J connectivity index is 1.24. The summed E-state index contributed by atoms with van der Waals surface area (Å²) in [4.78, 5) is 34.4. The van der Waals surface area contributed by atoms with Crippen molar-refractivity contribution >= 4 is 27.5 Å². The molecule has 2 heterocycles. The maximum absolute atomic E-state index is 14.4. The van der Waals surface area contributed by atoms with Crippen LogP contribution in [0.4, 0.5) is 5.69 Å². The second-order valence-electron chi connectivity index (χ2n) is 12.3. The molecule has 0 aromatic heterocycles. The van der Waals surface area contributed by atoms with Crippen LogP contribution in [0.5, 0.6) is 11.5 Å². The molecule has 0 spiro atoms. The van der Waals surface area contributed by atoms with Gasteiger partial charge in [-0.05, 0) is 54.3 Å². The number of amides is 2. The lowest BCUT2D eigenvalue weighted by Crippen LogP contribution is -2.47. The molecule has 1 unspecified atom stereocenters. The average Bonchev–Trinajstić information content (AvgIpc) is 3.39. The number of fused-ring (bicyclic) bond motifs is 1. The van der Waals surface area contributed by atoms with Crippen molar-refractivity contribution < 1.29 is 27.5 Å². The summed E-state index contributed by atoms with van der Waals surface area (Å²) in [6.45, 7) is 5.25. The van der Waals surface area contributed by atoms with Crippen molar-refractivity contribution in [2.45, 2.75) is 31.2 Å². The second-order valence-corrected chi connectivity index (χ2v) is 14.2. The van der Waals surface area contributed by atoms with E-state index in [1.165, 1.54) is 24.7 Å². The van der Waals surface area contributed by atoms with Crippen LogP contribution < -0.4 is 19.1 Å². The predicted octanol–water partition coefficient (Wildman–Crippen LogP) is 5.43. The molecule has 0 saturated carbocycles. The number of rotatable bonds is 13. The largest absolute Gasteiger partial charge is 0.493 e. The predicted molar refractivity (Wildman–Crippen MR) is 190 cm³/mol. The Hall–Kier alpha value is -4.71. The number of carbonyl (C=O) groups excluding carboxylic acids is 2. The monoisotopic (exact) mass is 682 g/mol. The third-order valence-electron chi connectivity index (χ3n) is 9.45. The minimum atomic E-state index is -3.68. The summed E-state index contributed by atoms with van der Waals surface area (Å²) < 4.78 is 39.6. The van der Waals surface area contributed by atoms with E-state index in [0.717, 1.165) is 18.8 Å². The number of ether oxygens (including phenoxy) is 2. The average molecular weight is 683 g/mol. The highest BCUT2D eigenvalue weighted by atomic mass is 32.2. The fourth-order valence-corrected chi connectivity index (χ4v) is 7.99. The molecule has 2 atom stereocenters. The lowest BCUT2D eigenvalue weighted by Gasteiger charge is -2.39. The molecule has 0 aliphatic carbocycles. The number of anilines is 1. The number of imide groups is 1. The fraction of sp³-hybridized carbons (Fsp3) is 0.316. The van der Waals surface area contributed by atoms with Crippen LogP contribution in [-0.2, 0) is 15.8 Å². The van der Waals surface area contributed by atoms with Crippen molar-refractivity contribution in [1.29, 1.82) is 0 Å². The quantitative estimate of drug-likeness (QED) is 0.186. The highest BCUT2D eigenvalue weighted by Crippen LogP contribution is 2.40. The standard InChI is InChI=1S/C38H42N4O6S/c1-27(29-13-8-5-9-14-29)40-21-23-41(24-22-40)33-16-10-15-31-36(33)38(44)42(37(31)43)32(30-17-18-34(47-2)35(25-30)48-3)19-20-39-49(45,46)26-28-11-6-4-7-12-28/h4-18,25,27,32,39H,19-24,26H2,1-3H3/t27-,32?/m1/s1. The normalized spacial score (nSPS) is 16.4. The van der Waals surface area contributed by atoms with E-state index in [9.17, 15) is 18.0 Å². The Morgan fingerprint density at radius 2 is 1.43 bits per heavy atom. The number of benzene rings is 4. The molecule has 256 valence electrons. The van der Waals surface area contributed by atoms with Gasteiger partial charge < -0.3 is 14.4 Å². The molecule has 2 aliphatic rings. The minimum Gasteiger partial charge on any atom is -0.493 e. The zero-order valence-corrected chi connectivity index (χ0v) is 28.9. The summed E-state index contributed by atoms with van der Waals surface area (Å²) in [6, 6.07) is 29.5. The van der Waals surface area contributed by atoms with Crippen molar-refractivity contribution in [2.24, 2.45) is 0 Å². The molecule has 49 heavy (non-hydrogen) atoms. The number of hydrogen-bond donors (Lipinski definition) is 1. The molecule has 1 saturated heterocycles. The smallest absolute Gasteiger partial charge is 0.264 e. The van der Waals surface area contributed by atoms with Gasteiger partial charge in [-0.15, -0.1) is 0 Å². The number of nitrogens with zero attached hydrogens (tertiary/aromatic N) is 3. The molecule has 4 aromatic carbocycles. The number of piperazine rings is 1. The molecule has 4 aromatic rings. The van der Waals surface area contributed by atoms with Crippen LogP contribution in [0, 0.1) is 0 Å². The summed E-state index contributed by atoms with van der Waals surface area (Å²) in [5.74, 6) is -0.0518. The van der Waals surface area contributed by atoms with Crippen molar-refractivity contribution in [3.05, 3.63) is 125 Å². The fourth-order valence-electron chi connectivity index (χ4n) is 6.83. The van der Waals surface area contributed by atoms with E-state index in [1.54, 1.807) is 48.5 Å². The lowest BCUT2D eigenvalue weighted by molar-refractivity contribution is 0.0575. The number of methoxy groups -OCH3 is 2. The molecular weight excluding hydrogens is 641 g/mol. The van der Waals surface area contributed by atoms with Gasteiger partial charge >= 0.3 is 0 Å². The van der Waals surface area contributed by atoms with Gasteiger partial charge in [0.05, 0.1) is 42.8 Å². The van der Waals surface area contributed by atoms with Gasteiger partial charge in [-0.25, -0.2) is 13.1 Å². The number of carbonyl (C=O) groups is 2. The minimum absolute atomic E-state index is 0.00992. The first kappa shape index (κ1) is 34.2. The molecule has 1 N–H and O–H groups in total. The van der Waals surface area contributed by atoms with Gasteiger partial charge in [-0.2, -0.15) is 0 Å². The van der Waals surface area contributed by atoms with Crippen molar-refractivity contribution in [1.82, 2.24) is 14.5 Å². The van der Waals surface area contributed by atoms with Crippen LogP contribution in [0.3, 0.4) is 0 Å². The molecule has 2 amide bonds. The second kappa shape index (κ2) is 14.8. The number of hydrogen-bond acceptors (Lipinski definition) is 8. The molecule has 0 bridgehead atoms. The topological polar surface area (TPSA) is 108 Å². The van der Waals surface area contributed by atoms with Gasteiger partial charge in [0.1, 0.15) is 0 Å². The van der Waals surface area contributed by atoms with E-state index in [1.807, 2.05) is 24.3 Å². The van der Waals surface area contributed by atoms with Crippen LogP contribution in [0.25, 0.3) is 0 Å². The highest BCUT2D eigenvalue weighted by Gasteiger charge is 2.43. The van der Waals surface area contributed by atoms with Gasteiger partial charge in [0.15, 0.2) is 11.5 Å². The summed E-state index contributed by atoms with van der Waals surface area (Å²) in [7, 11) is -0.635. The van der Waals surface area contributed by atoms with Gasteiger partial charge in [-0.3, -0.25) is 19.4 Å². The summed E-state index contributed by atoms with van der Waals surface area (Å²) in [6.07, 6.45) is 0.153. The Labute approximate surface area is 288 Å².